The van der Waals surface area contributed by atoms with Gasteiger partial charge in [-0.1, -0.05) is 61.9 Å². The predicted octanol–water partition coefficient (Wildman–Crippen LogP) is 9.03. The van der Waals surface area contributed by atoms with Gasteiger partial charge >= 0.3 is 24.1 Å². The summed E-state index contributed by atoms with van der Waals surface area (Å²) in [5.74, 6) is -2.40. The van der Waals surface area contributed by atoms with Gasteiger partial charge in [0, 0.05) is 26.6 Å². The van der Waals surface area contributed by atoms with E-state index in [1.807, 2.05) is 52.0 Å². The summed E-state index contributed by atoms with van der Waals surface area (Å²) in [6, 6.07) is 12.7. The average Bonchev–Trinajstić information content (AvgIpc) is 3.08. The Hall–Kier alpha value is -4.47. The highest BCUT2D eigenvalue weighted by Crippen LogP contribution is 2.53. The van der Waals surface area contributed by atoms with E-state index in [2.05, 4.69) is 21.3 Å². The zero-order valence-corrected chi connectivity index (χ0v) is 38.1. The lowest BCUT2D eigenvalue weighted by Gasteiger charge is -2.30. The summed E-state index contributed by atoms with van der Waals surface area (Å²) >= 11 is 1.77. The van der Waals surface area contributed by atoms with Crippen LogP contribution in [0.4, 0.5) is 41.2 Å². The summed E-state index contributed by atoms with van der Waals surface area (Å²) in [4.78, 5) is 50.3. The molecule has 3 aromatic carbocycles. The molecule has 0 saturated carbocycles. The minimum Gasteiger partial charge on any atom is -0.447 e. The van der Waals surface area contributed by atoms with Crippen molar-refractivity contribution in [3.05, 3.63) is 97.6 Å². The van der Waals surface area contributed by atoms with Crippen molar-refractivity contribution in [2.75, 3.05) is 17.3 Å². The van der Waals surface area contributed by atoms with Gasteiger partial charge in [0.05, 0.1) is 29.0 Å². The van der Waals surface area contributed by atoms with Crippen molar-refractivity contribution in [1.82, 2.24) is 16.0 Å². The Labute approximate surface area is 364 Å². The van der Waals surface area contributed by atoms with Gasteiger partial charge in [0.25, 0.3) is 11.8 Å². The number of sulfone groups is 1. The second-order valence-electron chi connectivity index (χ2n) is 15.7. The lowest BCUT2D eigenvalue weighted by Crippen LogP contribution is -2.50. The molecule has 0 heterocycles. The van der Waals surface area contributed by atoms with Crippen LogP contribution in [0.1, 0.15) is 97.5 Å². The number of ether oxygens (including phenoxy) is 1. The lowest BCUT2D eigenvalue weighted by molar-refractivity contribution is -0.348. The molecule has 0 bridgehead atoms. The molecule has 0 aromatic heterocycles. The molecule has 20 heteroatoms. The van der Waals surface area contributed by atoms with Gasteiger partial charge in [-0.05, 0) is 106 Å². The van der Waals surface area contributed by atoms with Gasteiger partial charge in [0.2, 0.25) is 5.91 Å². The number of carbonyl (C=O) groups is 4. The molecule has 0 aliphatic carbocycles. The number of hydrogen-bond donors (Lipinski definition) is 4. The van der Waals surface area contributed by atoms with Gasteiger partial charge in [-0.25, -0.2) is 17.6 Å². The second-order valence-corrected chi connectivity index (χ2v) is 19.0. The molecule has 3 aromatic rings. The quantitative estimate of drug-likeness (QED) is 0.0983. The molecule has 61 heavy (non-hydrogen) atoms. The number of anilines is 1. The Kier molecular flexibility index (Phi) is 17.8. The van der Waals surface area contributed by atoms with E-state index in [0.717, 1.165) is 18.7 Å². The highest BCUT2D eigenvalue weighted by atomic mass is 127. The van der Waals surface area contributed by atoms with Crippen LogP contribution in [0.2, 0.25) is 0 Å². The molecule has 0 aliphatic heterocycles. The van der Waals surface area contributed by atoms with Crippen LogP contribution in [0.25, 0.3) is 0 Å². The first kappa shape index (κ1) is 52.7. The summed E-state index contributed by atoms with van der Waals surface area (Å²) in [6.45, 7) is 15.2. The van der Waals surface area contributed by atoms with Crippen LogP contribution < -0.4 is 21.3 Å². The Morgan fingerprint density at radius 2 is 1.34 bits per heavy atom. The van der Waals surface area contributed by atoms with Gasteiger partial charge in [0.1, 0.15) is 15.9 Å². The fourth-order valence-electron chi connectivity index (χ4n) is 5.85. The van der Waals surface area contributed by atoms with E-state index >= 15 is 0 Å². The van der Waals surface area contributed by atoms with Crippen molar-refractivity contribution in [3.63, 3.8) is 0 Å². The van der Waals surface area contributed by atoms with Crippen molar-refractivity contribution >= 4 is 61.9 Å². The van der Waals surface area contributed by atoms with E-state index in [9.17, 15) is 58.3 Å². The topological polar surface area (TPSA) is 160 Å². The second kappa shape index (κ2) is 20.6. The minimum atomic E-state index is -6.30. The molecule has 0 aliphatic rings. The van der Waals surface area contributed by atoms with Gasteiger partial charge in [-0.3, -0.25) is 14.4 Å². The molecule has 1 unspecified atom stereocenters. The number of nitrogens with one attached hydrogen (secondary N) is 4. The van der Waals surface area contributed by atoms with E-state index in [-0.39, 0.29) is 52.4 Å². The van der Waals surface area contributed by atoms with E-state index < -0.39 is 68.7 Å². The number of alkyl carbamates (subject to hydrolysis) is 1. The normalized spacial score (nSPS) is 13.4. The molecule has 0 radical (unpaired) electrons. The summed E-state index contributed by atoms with van der Waals surface area (Å²) in [5.41, 5.74) is -7.26. The van der Waals surface area contributed by atoms with Crippen LogP contribution >= 0.6 is 22.6 Å². The van der Waals surface area contributed by atoms with Crippen LogP contribution in [0.3, 0.4) is 0 Å². The first-order valence-corrected chi connectivity index (χ1v) is 21.7. The molecule has 0 saturated heterocycles. The first-order valence-electron chi connectivity index (χ1n) is 18.6. The maximum absolute atomic E-state index is 14.4. The Bertz CT molecular complexity index is 2150. The maximum atomic E-state index is 14.4. The minimum absolute atomic E-state index is 0.0417. The molecule has 0 spiro atoms. The standard InChI is InChI=1S/C23H22F7IN2O4S.C18H28N2O3/c1-12-10-13(21(24,22(25,26)27)23(28,29)30)8-9-16(12)32-18(34)14-6-5-7-15(31)17(14)19(35)33-20(2,3)11-38(4,36)37;1-11(2)16(20-18(22)23-12(3)4)17(21)19-14(6)15-9-7-13(5)8-10-15/h5-10H,11H2,1-4H3,(H,32,34)(H,33,35);7-12,14,16H,1-6H3,(H,19,21)(H,20,22)/t;14?,16-/m.0/s1. The number of aryl methyl sites for hydroxylation is 2. The third kappa shape index (κ3) is 14.8. The largest absolute Gasteiger partial charge is 0.447 e. The zero-order valence-electron chi connectivity index (χ0n) is 35.1. The van der Waals surface area contributed by atoms with Crippen molar-refractivity contribution in [1.29, 1.82) is 0 Å². The fourth-order valence-corrected chi connectivity index (χ4v) is 7.98. The molecule has 4 N–H and O–H groups in total. The van der Waals surface area contributed by atoms with Crippen molar-refractivity contribution in [2.24, 2.45) is 5.92 Å². The number of alkyl halides is 7. The number of hydrogen-bond acceptors (Lipinski definition) is 7. The average molecular weight is 1000 g/mol. The Morgan fingerprint density at radius 1 is 0.787 bits per heavy atom. The maximum Gasteiger partial charge on any atom is 0.435 e. The van der Waals surface area contributed by atoms with E-state index in [1.54, 1.807) is 36.4 Å². The SMILES string of the molecule is Cc1cc(C(F)(C(F)(F)F)C(F)(F)F)ccc1NC(=O)c1cccc(I)c1C(=O)NC(C)(C)CS(C)(=O)=O.Cc1ccc(C(C)NC(=O)[C@@H](NC(=O)OC(C)C)C(C)C)cc1. The zero-order chi connectivity index (χ0) is 47.1. The molecule has 338 valence electrons. The number of carbonyl (C=O) groups excluding carboxylic acids is 4. The summed E-state index contributed by atoms with van der Waals surface area (Å²) < 4.78 is 122. The third-order valence-electron chi connectivity index (χ3n) is 8.72. The molecule has 2 atom stereocenters. The van der Waals surface area contributed by atoms with Gasteiger partial charge in [0.15, 0.2) is 0 Å². The first-order chi connectivity index (χ1) is 27.7. The van der Waals surface area contributed by atoms with E-state index in [1.165, 1.54) is 37.6 Å². The lowest BCUT2D eigenvalue weighted by atomic mass is 9.92. The highest BCUT2D eigenvalue weighted by molar-refractivity contribution is 14.1. The van der Waals surface area contributed by atoms with Gasteiger partial charge < -0.3 is 26.0 Å². The van der Waals surface area contributed by atoms with E-state index in [0.29, 0.717) is 15.7 Å². The monoisotopic (exact) mass is 1000 g/mol. The molecular weight excluding hydrogens is 952 g/mol. The van der Waals surface area contributed by atoms with Crippen LogP contribution in [-0.2, 0) is 25.0 Å². The van der Waals surface area contributed by atoms with Crippen LogP contribution in [0.15, 0.2) is 60.7 Å². The van der Waals surface area contributed by atoms with Crippen LogP contribution in [-0.4, -0.2) is 74.3 Å². The fraction of sp³-hybridized carbons (Fsp3) is 0.463. The molecule has 4 amide bonds. The Morgan fingerprint density at radius 3 is 1.82 bits per heavy atom. The number of benzene rings is 3. The van der Waals surface area contributed by atoms with Crippen molar-refractivity contribution < 1.29 is 63.1 Å². The summed E-state index contributed by atoms with van der Waals surface area (Å²) in [7, 11) is -3.49. The molecule has 3 rings (SSSR count). The van der Waals surface area contributed by atoms with Crippen molar-refractivity contribution in [3.8, 4) is 0 Å². The Balaban J connectivity index is 0.000000476. The number of halogens is 8. The molecule has 0 fully saturated rings. The molecular formula is C41H50F7IN4O7S. The summed E-state index contributed by atoms with van der Waals surface area (Å²) in [6.07, 6.45) is -12.4. The van der Waals surface area contributed by atoms with Crippen LogP contribution in [0, 0.1) is 23.3 Å². The van der Waals surface area contributed by atoms with Crippen molar-refractivity contribution in [2.45, 2.75) is 104 Å². The van der Waals surface area contributed by atoms with Gasteiger partial charge in [-0.2, -0.15) is 26.3 Å². The van der Waals surface area contributed by atoms with Crippen LogP contribution in [0.5, 0.6) is 0 Å². The highest BCUT2D eigenvalue weighted by Gasteiger charge is 2.73. The number of amides is 4. The van der Waals surface area contributed by atoms with E-state index in [4.69, 9.17) is 4.74 Å². The van der Waals surface area contributed by atoms with Gasteiger partial charge in [-0.15, -0.1) is 0 Å². The molecule has 11 nitrogen and oxygen atoms in total. The summed E-state index contributed by atoms with van der Waals surface area (Å²) in [5, 5.41) is 10.4. The number of rotatable bonds is 13. The third-order valence-corrected chi connectivity index (χ3v) is 10.9. The smallest absolute Gasteiger partial charge is 0.435 e. The predicted molar refractivity (Wildman–Crippen MR) is 226 cm³/mol.